The van der Waals surface area contributed by atoms with E-state index < -0.39 is 0 Å². The molecular formula is C50H108N8OS. The van der Waals surface area contributed by atoms with E-state index >= 15 is 0 Å². The smallest absolute Gasteiger partial charge is 0.109 e. The van der Waals surface area contributed by atoms with Crippen molar-refractivity contribution in [2.45, 2.75) is 222 Å². The van der Waals surface area contributed by atoms with Crippen LogP contribution in [0.4, 0.5) is 0 Å². The van der Waals surface area contributed by atoms with Crippen LogP contribution in [0.2, 0.25) is 0 Å². The lowest BCUT2D eigenvalue weighted by Crippen LogP contribution is -1.93. The molecule has 360 valence electrons. The van der Waals surface area contributed by atoms with Crippen LogP contribution in [0.3, 0.4) is 0 Å². The van der Waals surface area contributed by atoms with Gasteiger partial charge >= 0.3 is 0 Å². The van der Waals surface area contributed by atoms with E-state index in [-0.39, 0.29) is 0 Å². The average molecular weight is 870 g/mol. The highest BCUT2D eigenvalue weighted by Gasteiger charge is 1.98. The monoisotopic (exact) mass is 869 g/mol. The van der Waals surface area contributed by atoms with Crippen LogP contribution in [-0.2, 0) is 0 Å². The standard InChI is InChI=1S/8C5H12.2C3H4N2.C2H2N2O.C2H2N2S/c8*1-5(2,3)4;1-2-5-3-4-1;2*1-2-4-5-3-1;1-3-4-2-5-1/h8*1-4H3;1,3H,2H2;1-2H,3H2;2*1-2H. The molecule has 9 nitrogen and oxygen atoms in total. The summed E-state index contributed by atoms with van der Waals surface area (Å²) < 4.78 is 4.08. The fourth-order valence-corrected chi connectivity index (χ4v) is 1.02. The first-order valence-corrected chi connectivity index (χ1v) is 22.4. The Labute approximate surface area is 381 Å². The molecule has 2 aromatic heterocycles. The zero-order valence-electron chi connectivity index (χ0n) is 46.4. The van der Waals surface area contributed by atoms with Gasteiger partial charge in [-0.1, -0.05) is 232 Å². The molecule has 0 saturated heterocycles. The minimum Gasteiger partial charge on any atom is -0.268 e. The summed E-state index contributed by atoms with van der Waals surface area (Å²) in [5, 5.41) is 20.6. The van der Waals surface area contributed by atoms with E-state index in [1.54, 1.807) is 29.8 Å². The molecule has 0 aromatic carbocycles. The van der Waals surface area contributed by atoms with Crippen molar-refractivity contribution in [1.82, 2.24) is 20.5 Å². The normalized spacial score (nSPS) is 12.3. The third-order valence-corrected chi connectivity index (χ3v) is 1.88. The quantitative estimate of drug-likeness (QED) is 0.262. The molecule has 2 aliphatic heterocycles. The van der Waals surface area contributed by atoms with Crippen LogP contribution in [0.15, 0.2) is 60.5 Å². The molecule has 60 heavy (non-hydrogen) atoms. The van der Waals surface area contributed by atoms with E-state index in [0.29, 0.717) is 43.3 Å². The van der Waals surface area contributed by atoms with Gasteiger partial charge in [0.1, 0.15) is 17.4 Å². The van der Waals surface area contributed by atoms with E-state index in [1.807, 2.05) is 6.08 Å². The molecule has 0 N–H and O–H groups in total. The minimum atomic E-state index is 0.500. The predicted molar refractivity (Wildman–Crippen MR) is 276 cm³/mol. The highest BCUT2D eigenvalue weighted by Crippen LogP contribution is 2.11. The number of azo groups is 1. The second-order valence-electron chi connectivity index (χ2n) is 26.8. The summed E-state index contributed by atoms with van der Waals surface area (Å²) in [4.78, 5) is 7.40. The molecule has 0 saturated carbocycles. The van der Waals surface area contributed by atoms with E-state index in [2.05, 4.69) is 267 Å². The SMILES string of the molecule is C1=CN=NC1.C1=NC=NC1.CC(C)(C)C.CC(C)(C)C.CC(C)(C)C.CC(C)(C)C.CC(C)(C)C.CC(C)(C)C.CC(C)(C)C.CC(C)(C)C.c1cnon1.c1nncs1. The summed E-state index contributed by atoms with van der Waals surface area (Å²) in [5.41, 5.74) is 7.36. The van der Waals surface area contributed by atoms with Gasteiger partial charge in [0, 0.05) is 12.4 Å². The number of hydrogen-bond acceptors (Lipinski definition) is 10. The lowest BCUT2D eigenvalue weighted by atomic mass is 10.0. The number of aromatic nitrogens is 4. The Balaban J connectivity index is -0.0000000819. The second-order valence-corrected chi connectivity index (χ2v) is 27.5. The maximum Gasteiger partial charge on any atom is 0.109 e. The van der Waals surface area contributed by atoms with Crippen molar-refractivity contribution in [1.29, 1.82) is 0 Å². The molecule has 0 unspecified atom stereocenters. The summed E-state index contributed by atoms with van der Waals surface area (Å²) in [5.74, 6) is 0. The number of hydrogen-bond donors (Lipinski definition) is 0. The number of aliphatic imine (C=N–C) groups is 2. The van der Waals surface area contributed by atoms with Gasteiger partial charge in [-0.05, 0) is 49.4 Å². The first-order valence-electron chi connectivity index (χ1n) is 21.4. The summed E-state index contributed by atoms with van der Waals surface area (Å²) in [7, 11) is 0. The molecule has 0 spiro atoms. The number of nitrogens with zero attached hydrogens (tertiary/aromatic N) is 8. The molecule has 10 heteroatoms. The van der Waals surface area contributed by atoms with Crippen LogP contribution in [-0.4, -0.2) is 46.2 Å². The van der Waals surface area contributed by atoms with Gasteiger partial charge < -0.3 is 0 Å². The molecule has 0 atom stereocenters. The largest absolute Gasteiger partial charge is 0.268 e. The molecule has 2 aromatic rings. The molecule has 0 amide bonds. The summed E-state index contributed by atoms with van der Waals surface area (Å²) in [6, 6.07) is 0. The van der Waals surface area contributed by atoms with E-state index in [0.717, 1.165) is 13.1 Å². The van der Waals surface area contributed by atoms with Gasteiger partial charge in [0.05, 0.1) is 25.5 Å². The Bertz CT molecular complexity index is 882. The van der Waals surface area contributed by atoms with E-state index in [1.165, 1.54) is 23.7 Å². The maximum absolute atomic E-state index is 4.08. The molecule has 0 bridgehead atoms. The summed E-state index contributed by atoms with van der Waals surface area (Å²) in [6.07, 6.45) is 9.86. The maximum atomic E-state index is 4.08. The van der Waals surface area contributed by atoms with Crippen molar-refractivity contribution >= 4 is 23.9 Å². The van der Waals surface area contributed by atoms with Gasteiger partial charge in [-0.15, -0.1) is 21.5 Å². The Morgan fingerprint density at radius 3 is 0.733 bits per heavy atom. The van der Waals surface area contributed by atoms with Crippen molar-refractivity contribution < 1.29 is 4.63 Å². The lowest BCUT2D eigenvalue weighted by Gasteiger charge is -2.05. The Kier molecular flexibility index (Phi) is 50.4. The average Bonchev–Trinajstić information content (AvgIpc) is 3.74. The van der Waals surface area contributed by atoms with Gasteiger partial charge in [-0.2, -0.15) is 10.2 Å². The molecule has 4 rings (SSSR count). The van der Waals surface area contributed by atoms with Gasteiger partial charge in [0.2, 0.25) is 0 Å². The van der Waals surface area contributed by atoms with Gasteiger partial charge in [0.25, 0.3) is 0 Å². The third-order valence-electron chi connectivity index (χ3n) is 1.45. The van der Waals surface area contributed by atoms with Gasteiger partial charge in [0.15, 0.2) is 0 Å². The highest BCUT2D eigenvalue weighted by molar-refractivity contribution is 7.07. The van der Waals surface area contributed by atoms with Crippen molar-refractivity contribution in [3.05, 3.63) is 35.7 Å². The fraction of sp³-hybridized carbons (Fsp3) is 0.840. The van der Waals surface area contributed by atoms with Crippen LogP contribution in [0.1, 0.15) is 222 Å². The lowest BCUT2D eigenvalue weighted by molar-refractivity contribution is 0.307. The van der Waals surface area contributed by atoms with Gasteiger partial charge in [-0.25, -0.2) is 9.62 Å². The minimum absolute atomic E-state index is 0.500. The first-order chi connectivity index (χ1) is 26.0. The third kappa shape index (κ3) is 542. The van der Waals surface area contributed by atoms with Crippen LogP contribution in [0, 0.1) is 43.3 Å². The Morgan fingerprint density at radius 2 is 0.667 bits per heavy atom. The van der Waals surface area contributed by atoms with Crippen molar-refractivity contribution in [3.8, 4) is 0 Å². The van der Waals surface area contributed by atoms with Crippen LogP contribution < -0.4 is 0 Å². The zero-order chi connectivity index (χ0) is 50.1. The van der Waals surface area contributed by atoms with Crippen molar-refractivity contribution in [2.75, 3.05) is 13.1 Å². The van der Waals surface area contributed by atoms with Crippen LogP contribution >= 0.6 is 11.3 Å². The second kappa shape index (κ2) is 40.5. The van der Waals surface area contributed by atoms with Crippen molar-refractivity contribution in [2.24, 2.45) is 63.5 Å². The molecule has 0 radical (unpaired) electrons. The van der Waals surface area contributed by atoms with E-state index in [4.69, 9.17) is 0 Å². The number of rotatable bonds is 0. The molecular weight excluding hydrogens is 761 g/mol. The Hall–Kier alpha value is -2.62. The summed E-state index contributed by atoms with van der Waals surface area (Å²) in [6.45, 7) is 71.6. The van der Waals surface area contributed by atoms with E-state index in [9.17, 15) is 0 Å². The first kappa shape index (κ1) is 74.8. The highest BCUT2D eigenvalue weighted by atomic mass is 32.1. The van der Waals surface area contributed by atoms with Crippen LogP contribution in [0.5, 0.6) is 0 Å². The fourth-order valence-electron chi connectivity index (χ4n) is 0.744. The molecule has 0 fully saturated rings. The van der Waals surface area contributed by atoms with Crippen LogP contribution in [0.25, 0.3) is 0 Å². The molecule has 2 aliphatic rings. The summed E-state index contributed by atoms with van der Waals surface area (Å²) >= 11 is 1.49. The predicted octanol–water partition coefficient (Wildman–Crippen LogP) is 18.1. The van der Waals surface area contributed by atoms with Crippen molar-refractivity contribution in [3.63, 3.8) is 0 Å². The zero-order valence-corrected chi connectivity index (χ0v) is 47.2. The Morgan fingerprint density at radius 1 is 0.400 bits per heavy atom. The topological polar surface area (TPSA) is 114 Å². The molecule has 0 aliphatic carbocycles. The van der Waals surface area contributed by atoms with Gasteiger partial charge in [-0.3, -0.25) is 4.99 Å². The molecule has 4 heterocycles.